The molecule has 0 bridgehead atoms. The molecule has 0 unspecified atom stereocenters. The molecule has 0 atom stereocenters. The fraction of sp³-hybridized carbons (Fsp3) is 0.333. The third-order valence-electron chi connectivity index (χ3n) is 6.97. The molecule has 7 heteroatoms. The van der Waals surface area contributed by atoms with Gasteiger partial charge in [-0.15, -0.1) is 0 Å². The maximum Gasteiger partial charge on any atom is 0.258 e. The van der Waals surface area contributed by atoms with Crippen molar-refractivity contribution in [3.05, 3.63) is 88.7 Å². The van der Waals surface area contributed by atoms with E-state index < -0.39 is 9.58 Å². The number of para-hydroxylation sites is 1. The maximum atomic E-state index is 14.1. The normalized spacial score (nSPS) is 16.5. The molecule has 1 fully saturated rings. The van der Waals surface area contributed by atoms with E-state index in [0.29, 0.717) is 24.7 Å². The van der Waals surface area contributed by atoms with Gasteiger partial charge in [-0.25, -0.2) is 0 Å². The Bertz CT molecular complexity index is 1240. The average molecular weight is 516 g/mol. The molecule has 4 nitrogen and oxygen atoms in total. The van der Waals surface area contributed by atoms with Crippen molar-refractivity contribution in [2.45, 2.75) is 54.9 Å². The van der Waals surface area contributed by atoms with Crippen LogP contribution in [0.5, 0.6) is 0 Å². The highest BCUT2D eigenvalue weighted by molar-refractivity contribution is 6.77. The van der Waals surface area contributed by atoms with E-state index in [9.17, 15) is 9.59 Å². The highest BCUT2D eigenvalue weighted by atomic mass is 35.6. The second-order valence-corrected chi connectivity index (χ2v) is 11.3. The lowest BCUT2D eigenvalue weighted by molar-refractivity contribution is 0.0979. The van der Waals surface area contributed by atoms with Crippen molar-refractivity contribution in [3.8, 4) is 0 Å². The summed E-state index contributed by atoms with van der Waals surface area (Å²) in [7, 11) is 0. The number of carbonyl (C=O) groups is 2. The first kappa shape index (κ1) is 23.5. The third kappa shape index (κ3) is 4.39. The zero-order valence-corrected chi connectivity index (χ0v) is 20.9. The lowest BCUT2D eigenvalue weighted by atomic mass is 9.82. The molecule has 2 aliphatic rings. The van der Waals surface area contributed by atoms with Crippen molar-refractivity contribution in [2.75, 3.05) is 4.90 Å². The second-order valence-electron chi connectivity index (χ2n) is 9.07. The Labute approximate surface area is 214 Å². The first-order valence-corrected chi connectivity index (χ1v) is 12.8. The fourth-order valence-electron chi connectivity index (χ4n) is 5.29. The fourth-order valence-corrected chi connectivity index (χ4v) is 5.58. The van der Waals surface area contributed by atoms with E-state index >= 15 is 0 Å². The van der Waals surface area contributed by atoms with Crippen LogP contribution in [-0.2, 0) is 13.1 Å². The van der Waals surface area contributed by atoms with Crippen molar-refractivity contribution < 1.29 is 9.59 Å². The summed E-state index contributed by atoms with van der Waals surface area (Å²) in [6.07, 6.45) is 5.90. The molecule has 1 aliphatic carbocycles. The molecule has 1 amide bonds. The number of rotatable bonds is 3. The zero-order valence-electron chi connectivity index (χ0n) is 18.6. The number of hydrogen-bond acceptors (Lipinski definition) is 2. The van der Waals surface area contributed by atoms with Crippen LogP contribution in [0.2, 0.25) is 0 Å². The van der Waals surface area contributed by atoms with Crippen LogP contribution in [0.3, 0.4) is 0 Å². The second kappa shape index (κ2) is 9.41. The number of anilines is 1. The van der Waals surface area contributed by atoms with Gasteiger partial charge in [-0.3, -0.25) is 9.59 Å². The van der Waals surface area contributed by atoms with Crippen LogP contribution < -0.4 is 4.90 Å². The molecule has 1 saturated carbocycles. The van der Waals surface area contributed by atoms with Gasteiger partial charge in [0.2, 0.25) is 5.78 Å². The summed E-state index contributed by atoms with van der Waals surface area (Å²) in [5, 5.41) is 0. The topological polar surface area (TPSA) is 42.3 Å². The molecule has 0 spiro atoms. The molecule has 34 heavy (non-hydrogen) atoms. The molecule has 1 aromatic heterocycles. The predicted octanol–water partition coefficient (Wildman–Crippen LogP) is 7.30. The Morgan fingerprint density at radius 2 is 1.53 bits per heavy atom. The number of fused-ring (bicyclic) bond motifs is 2. The van der Waals surface area contributed by atoms with E-state index in [4.69, 9.17) is 34.8 Å². The van der Waals surface area contributed by atoms with Gasteiger partial charge < -0.3 is 9.47 Å². The Hall–Kier alpha value is -2.27. The molecule has 1 aliphatic heterocycles. The minimum absolute atomic E-state index is 0.0301. The summed E-state index contributed by atoms with van der Waals surface area (Å²) in [5.41, 5.74) is 4.79. The van der Waals surface area contributed by atoms with Crippen LogP contribution in [0.25, 0.3) is 0 Å². The van der Waals surface area contributed by atoms with Crippen LogP contribution in [0.15, 0.2) is 60.7 Å². The summed E-state index contributed by atoms with van der Waals surface area (Å²) in [6, 6.07) is 19.3. The summed E-state index contributed by atoms with van der Waals surface area (Å²) >= 11 is 17.7. The molecule has 3 aromatic rings. The van der Waals surface area contributed by atoms with Crippen molar-refractivity contribution in [1.29, 1.82) is 0 Å². The highest BCUT2D eigenvalue weighted by Crippen LogP contribution is 2.37. The van der Waals surface area contributed by atoms with Crippen LogP contribution >= 0.6 is 34.8 Å². The number of Topliss-reactive ketones (excluding diaryl/α,β-unsaturated/α-hetero) is 1. The first-order valence-electron chi connectivity index (χ1n) is 11.6. The Balaban J connectivity index is 1.57. The molecular weight excluding hydrogens is 491 g/mol. The van der Waals surface area contributed by atoms with E-state index in [1.54, 1.807) is 6.07 Å². The molecule has 0 radical (unpaired) electrons. The zero-order chi connectivity index (χ0) is 23.9. The van der Waals surface area contributed by atoms with Crippen molar-refractivity contribution in [3.63, 3.8) is 0 Å². The van der Waals surface area contributed by atoms with Crippen LogP contribution in [-0.4, -0.2) is 20.1 Å². The summed E-state index contributed by atoms with van der Waals surface area (Å²) in [4.78, 5) is 28.7. The van der Waals surface area contributed by atoms with Gasteiger partial charge in [0.25, 0.3) is 9.70 Å². The van der Waals surface area contributed by atoms with Gasteiger partial charge in [-0.2, -0.15) is 0 Å². The molecule has 0 saturated heterocycles. The Kier molecular flexibility index (Phi) is 6.49. The van der Waals surface area contributed by atoms with Crippen LogP contribution in [0.4, 0.5) is 5.69 Å². The number of carbonyl (C=O) groups excluding carboxylic acids is 2. The van der Waals surface area contributed by atoms with E-state index in [-0.39, 0.29) is 5.91 Å². The number of hydrogen-bond donors (Lipinski definition) is 0. The lowest BCUT2D eigenvalue weighted by Gasteiger charge is -2.27. The van der Waals surface area contributed by atoms with Gasteiger partial charge in [0, 0.05) is 16.9 Å². The van der Waals surface area contributed by atoms with Crippen molar-refractivity contribution >= 4 is 52.2 Å². The number of alkyl halides is 3. The van der Waals surface area contributed by atoms with Gasteiger partial charge in [0.05, 0.1) is 18.8 Å². The third-order valence-corrected chi connectivity index (χ3v) is 7.49. The lowest BCUT2D eigenvalue weighted by Crippen LogP contribution is -2.32. The number of benzene rings is 2. The smallest absolute Gasteiger partial charge is 0.258 e. The van der Waals surface area contributed by atoms with Gasteiger partial charge >= 0.3 is 0 Å². The summed E-state index contributed by atoms with van der Waals surface area (Å²) in [5.74, 6) is -0.199. The minimum Gasteiger partial charge on any atom is -0.336 e. The molecule has 2 heterocycles. The SMILES string of the molecule is O=C(c1ccccc1C1CCCCC1)N1Cc2ccc(C(=O)C(Cl)(Cl)Cl)n2Cc2ccccc21. The Morgan fingerprint density at radius 1 is 0.824 bits per heavy atom. The van der Waals surface area contributed by atoms with Gasteiger partial charge in [-0.1, -0.05) is 90.5 Å². The minimum atomic E-state index is -2.05. The molecule has 2 aromatic carbocycles. The largest absolute Gasteiger partial charge is 0.336 e. The molecule has 0 N–H and O–H groups in total. The average Bonchev–Trinajstić information content (AvgIpc) is 3.15. The summed E-state index contributed by atoms with van der Waals surface area (Å²) in [6.45, 7) is 0.733. The van der Waals surface area contributed by atoms with Gasteiger partial charge in [0.15, 0.2) is 0 Å². The number of amides is 1. The van der Waals surface area contributed by atoms with Gasteiger partial charge in [-0.05, 0) is 54.2 Å². The number of ketones is 1. The van der Waals surface area contributed by atoms with Gasteiger partial charge in [0.1, 0.15) is 0 Å². The van der Waals surface area contributed by atoms with E-state index in [2.05, 4.69) is 6.07 Å². The standard InChI is InChI=1S/C27H25Cl3N2O2/c28-27(29,30)25(33)24-15-14-20-17-32(23-13-7-4-10-19(23)16-31(20)24)26(34)22-12-6-5-11-21(22)18-8-2-1-3-9-18/h4-7,10-15,18H,1-3,8-9,16-17H2. The highest BCUT2D eigenvalue weighted by Gasteiger charge is 2.36. The Morgan fingerprint density at radius 3 is 2.29 bits per heavy atom. The predicted molar refractivity (Wildman–Crippen MR) is 137 cm³/mol. The van der Waals surface area contributed by atoms with Crippen LogP contribution in [0, 0.1) is 0 Å². The van der Waals surface area contributed by atoms with Crippen LogP contribution in [0.1, 0.15) is 75.7 Å². The first-order chi connectivity index (χ1) is 16.3. The van der Waals surface area contributed by atoms with Crippen molar-refractivity contribution in [2.24, 2.45) is 0 Å². The van der Waals surface area contributed by atoms with E-state index in [1.807, 2.05) is 58.0 Å². The number of halogens is 3. The molecule has 176 valence electrons. The van der Waals surface area contributed by atoms with Crippen molar-refractivity contribution in [1.82, 2.24) is 4.57 Å². The number of nitrogens with zero attached hydrogens (tertiary/aromatic N) is 2. The summed E-state index contributed by atoms with van der Waals surface area (Å²) < 4.78 is -0.196. The molecular formula is C27H25Cl3N2O2. The quantitative estimate of drug-likeness (QED) is 0.271. The van der Waals surface area contributed by atoms with E-state index in [0.717, 1.165) is 40.9 Å². The molecule has 5 rings (SSSR count). The maximum absolute atomic E-state index is 14.1. The number of aromatic nitrogens is 1. The van der Waals surface area contributed by atoms with E-state index in [1.165, 1.54) is 19.3 Å². The monoisotopic (exact) mass is 514 g/mol.